The van der Waals surface area contributed by atoms with Crippen LogP contribution in [0.2, 0.25) is 0 Å². The first-order valence-electron chi connectivity index (χ1n) is 13.2. The summed E-state index contributed by atoms with van der Waals surface area (Å²) in [6.07, 6.45) is 1.89. The topological polar surface area (TPSA) is 22.8 Å². The lowest BCUT2D eigenvalue weighted by Gasteiger charge is -2.11. The van der Waals surface area contributed by atoms with Gasteiger partial charge in [0, 0.05) is 38.8 Å². The Morgan fingerprint density at radius 1 is 0.487 bits per heavy atom. The van der Waals surface area contributed by atoms with Crippen LogP contribution in [-0.4, -0.2) is 14.1 Å². The Hall–Kier alpha value is -4.93. The van der Waals surface area contributed by atoms with E-state index in [1.807, 2.05) is 23.6 Å². The van der Waals surface area contributed by atoms with E-state index >= 15 is 0 Å². The summed E-state index contributed by atoms with van der Waals surface area (Å²) < 4.78 is 7.31. The molecule has 0 aliphatic heterocycles. The van der Waals surface area contributed by atoms with Crippen LogP contribution in [0.3, 0.4) is 0 Å². The highest BCUT2D eigenvalue weighted by Crippen LogP contribution is 2.41. The van der Waals surface area contributed by atoms with Crippen LogP contribution in [0, 0.1) is 0 Å². The molecule has 9 aromatic rings. The third kappa shape index (κ3) is 2.84. The van der Waals surface area contributed by atoms with E-state index in [0.29, 0.717) is 0 Å². The van der Waals surface area contributed by atoms with E-state index in [-0.39, 0.29) is 0 Å². The van der Waals surface area contributed by atoms with Crippen molar-refractivity contribution in [2.75, 3.05) is 0 Å². The Kier molecular flexibility index (Phi) is 4.21. The Labute approximate surface area is 227 Å². The molecule has 0 N–H and O–H groups in total. The molecule has 0 spiro atoms. The molecule has 0 unspecified atom stereocenters. The second kappa shape index (κ2) is 7.79. The van der Waals surface area contributed by atoms with Gasteiger partial charge in [0.15, 0.2) is 0 Å². The molecule has 0 atom stereocenters. The maximum Gasteiger partial charge on any atom is 0.0889 e. The number of para-hydroxylation sites is 3. The molecule has 3 nitrogen and oxygen atoms in total. The number of pyridine rings is 1. The van der Waals surface area contributed by atoms with Gasteiger partial charge in [-0.1, -0.05) is 66.7 Å². The Morgan fingerprint density at radius 2 is 1.10 bits per heavy atom. The number of rotatable bonds is 2. The zero-order valence-corrected chi connectivity index (χ0v) is 21.7. The summed E-state index contributed by atoms with van der Waals surface area (Å²) in [6.45, 7) is 0. The molecule has 9 rings (SSSR count). The van der Waals surface area contributed by atoms with Crippen LogP contribution in [0.4, 0.5) is 0 Å². The smallest absolute Gasteiger partial charge is 0.0889 e. The summed E-state index contributed by atoms with van der Waals surface area (Å²) >= 11 is 1.82. The number of thiophene rings is 1. The summed E-state index contributed by atoms with van der Waals surface area (Å²) in [5.41, 5.74) is 8.32. The number of nitrogens with zero attached hydrogens (tertiary/aromatic N) is 3. The number of benzene rings is 5. The van der Waals surface area contributed by atoms with E-state index in [1.165, 1.54) is 69.8 Å². The number of fused-ring (bicyclic) bond motifs is 9. The van der Waals surface area contributed by atoms with Crippen molar-refractivity contribution in [1.82, 2.24) is 14.1 Å². The van der Waals surface area contributed by atoms with Gasteiger partial charge in [0.25, 0.3) is 0 Å². The van der Waals surface area contributed by atoms with E-state index < -0.39 is 0 Å². The average Bonchev–Trinajstić information content (AvgIpc) is 3.65. The average molecular weight is 516 g/mol. The summed E-state index contributed by atoms with van der Waals surface area (Å²) in [4.78, 5) is 4.70. The lowest BCUT2D eigenvalue weighted by Crippen LogP contribution is -1.96. The molecule has 0 fully saturated rings. The second-order valence-corrected chi connectivity index (χ2v) is 11.1. The highest BCUT2D eigenvalue weighted by molar-refractivity contribution is 7.26. The molecule has 0 bridgehead atoms. The molecular formula is C35H21N3S. The van der Waals surface area contributed by atoms with Crippen molar-refractivity contribution >= 4 is 75.3 Å². The SMILES string of the molecule is c1cnc2c(c1)sc1c(-n3c4ccccc4c4cc(-n5c6ccccc6c6ccccc65)ccc43)cccc12. The number of aromatic nitrogens is 3. The van der Waals surface area contributed by atoms with Gasteiger partial charge < -0.3 is 9.13 Å². The van der Waals surface area contributed by atoms with Crippen molar-refractivity contribution < 1.29 is 0 Å². The van der Waals surface area contributed by atoms with E-state index in [9.17, 15) is 0 Å². The summed E-state index contributed by atoms with van der Waals surface area (Å²) in [5, 5.41) is 6.27. The van der Waals surface area contributed by atoms with E-state index in [4.69, 9.17) is 4.98 Å². The first-order chi connectivity index (χ1) is 19.4. The van der Waals surface area contributed by atoms with Gasteiger partial charge >= 0.3 is 0 Å². The molecule has 4 heterocycles. The molecule has 0 saturated heterocycles. The van der Waals surface area contributed by atoms with Crippen molar-refractivity contribution in [1.29, 1.82) is 0 Å². The molecule has 5 aromatic carbocycles. The van der Waals surface area contributed by atoms with E-state index in [1.54, 1.807) is 0 Å². The molecular weight excluding hydrogens is 494 g/mol. The molecule has 0 aliphatic rings. The quantitative estimate of drug-likeness (QED) is 0.225. The molecule has 0 amide bonds. The summed E-state index contributed by atoms with van der Waals surface area (Å²) in [7, 11) is 0. The normalized spacial score (nSPS) is 12.1. The standard InChI is InChI=1S/C35H21N3S/c1-4-13-28-23(9-1)24-10-2-5-14-29(24)37(28)22-18-19-31-27(21-22)25-11-3-6-15-30(25)38(31)32-16-7-12-26-34-33(39-35(26)32)17-8-20-36-34/h1-21H. The third-order valence-corrected chi connectivity index (χ3v) is 9.15. The molecule has 0 aliphatic carbocycles. The van der Waals surface area contributed by atoms with Gasteiger partial charge in [-0.15, -0.1) is 11.3 Å². The highest BCUT2D eigenvalue weighted by atomic mass is 32.1. The lowest BCUT2D eigenvalue weighted by atomic mass is 10.1. The zero-order chi connectivity index (χ0) is 25.5. The van der Waals surface area contributed by atoms with Crippen LogP contribution in [-0.2, 0) is 0 Å². The van der Waals surface area contributed by atoms with Gasteiger partial charge in [-0.25, -0.2) is 0 Å². The van der Waals surface area contributed by atoms with Gasteiger partial charge in [0.2, 0.25) is 0 Å². The van der Waals surface area contributed by atoms with Crippen molar-refractivity contribution in [3.8, 4) is 11.4 Å². The fourth-order valence-corrected chi connectivity index (χ4v) is 7.50. The third-order valence-electron chi connectivity index (χ3n) is 7.97. The van der Waals surface area contributed by atoms with Crippen LogP contribution >= 0.6 is 11.3 Å². The first kappa shape index (κ1) is 21.1. The van der Waals surface area contributed by atoms with E-state index in [0.717, 1.165) is 5.52 Å². The minimum atomic E-state index is 1.08. The molecule has 182 valence electrons. The van der Waals surface area contributed by atoms with Gasteiger partial charge in [0.1, 0.15) is 0 Å². The molecule has 0 saturated carbocycles. The van der Waals surface area contributed by atoms with Gasteiger partial charge in [-0.05, 0) is 54.6 Å². The van der Waals surface area contributed by atoms with Crippen LogP contribution in [0.5, 0.6) is 0 Å². The fourth-order valence-electron chi connectivity index (χ4n) is 6.34. The minimum Gasteiger partial charge on any atom is -0.309 e. The largest absolute Gasteiger partial charge is 0.309 e. The van der Waals surface area contributed by atoms with Crippen LogP contribution < -0.4 is 0 Å². The van der Waals surface area contributed by atoms with Crippen LogP contribution in [0.25, 0.3) is 75.3 Å². The Balaban J connectivity index is 1.38. The summed E-state index contributed by atoms with van der Waals surface area (Å²) in [5.74, 6) is 0. The lowest BCUT2D eigenvalue weighted by molar-refractivity contribution is 1.17. The maximum atomic E-state index is 4.70. The number of hydrogen-bond donors (Lipinski definition) is 0. The highest BCUT2D eigenvalue weighted by Gasteiger charge is 2.18. The van der Waals surface area contributed by atoms with Crippen molar-refractivity contribution in [3.05, 3.63) is 128 Å². The van der Waals surface area contributed by atoms with E-state index in [2.05, 4.69) is 124 Å². The predicted octanol–water partition coefficient (Wildman–Crippen LogP) is 9.64. The van der Waals surface area contributed by atoms with Crippen LogP contribution in [0.1, 0.15) is 0 Å². The van der Waals surface area contributed by atoms with Crippen molar-refractivity contribution in [3.63, 3.8) is 0 Å². The molecule has 0 radical (unpaired) electrons. The van der Waals surface area contributed by atoms with Gasteiger partial charge in [-0.2, -0.15) is 0 Å². The maximum absolute atomic E-state index is 4.70. The van der Waals surface area contributed by atoms with Crippen LogP contribution in [0.15, 0.2) is 128 Å². The Bertz CT molecular complexity index is 2350. The second-order valence-electron chi connectivity index (χ2n) is 10.0. The van der Waals surface area contributed by atoms with Gasteiger partial charge in [0.05, 0.1) is 42.7 Å². The fraction of sp³-hybridized carbons (Fsp3) is 0. The van der Waals surface area contributed by atoms with Crippen molar-refractivity contribution in [2.45, 2.75) is 0 Å². The monoisotopic (exact) mass is 515 g/mol. The van der Waals surface area contributed by atoms with Gasteiger partial charge in [-0.3, -0.25) is 4.98 Å². The minimum absolute atomic E-state index is 1.08. The predicted molar refractivity (Wildman–Crippen MR) is 166 cm³/mol. The molecule has 4 aromatic heterocycles. The molecule has 4 heteroatoms. The first-order valence-corrected chi connectivity index (χ1v) is 14.0. The van der Waals surface area contributed by atoms with Crippen molar-refractivity contribution in [2.24, 2.45) is 0 Å². The molecule has 39 heavy (non-hydrogen) atoms. The summed E-state index contributed by atoms with van der Waals surface area (Å²) in [6, 6.07) is 43.9. The Morgan fingerprint density at radius 3 is 1.85 bits per heavy atom. The number of hydrogen-bond acceptors (Lipinski definition) is 2. The zero-order valence-electron chi connectivity index (χ0n) is 20.9.